The summed E-state index contributed by atoms with van der Waals surface area (Å²) < 4.78 is 11.4. The molecule has 0 aromatic heterocycles. The predicted molar refractivity (Wildman–Crippen MR) is 92.7 cm³/mol. The number of nitrogens with zero attached hydrogens (tertiary/aromatic N) is 1. The van der Waals surface area contributed by atoms with Crippen LogP contribution >= 0.6 is 0 Å². The Balaban J connectivity index is 1.59. The standard InChI is InChI=1S/C18H33N3O2/c1-4-19-17(20-12-13-7-10-22-11-8-13)21-15-14-6-5-9-23-16(14)18(15,2)3/h13-16H,4-12H2,1-3H3,(H2,19,20,21). The van der Waals surface area contributed by atoms with Gasteiger partial charge in [-0.05, 0) is 38.5 Å². The van der Waals surface area contributed by atoms with E-state index in [2.05, 4.69) is 31.4 Å². The van der Waals surface area contributed by atoms with Crippen LogP contribution in [0.1, 0.15) is 46.5 Å². The van der Waals surface area contributed by atoms with Crippen molar-refractivity contribution in [2.45, 2.75) is 58.6 Å². The Morgan fingerprint density at radius 2 is 1.96 bits per heavy atom. The summed E-state index contributed by atoms with van der Waals surface area (Å²) in [5.41, 5.74) is 0.181. The van der Waals surface area contributed by atoms with E-state index in [1.54, 1.807) is 0 Å². The molecule has 0 aromatic rings. The fourth-order valence-electron chi connectivity index (χ4n) is 4.43. The van der Waals surface area contributed by atoms with E-state index in [-0.39, 0.29) is 5.41 Å². The van der Waals surface area contributed by atoms with Gasteiger partial charge < -0.3 is 20.1 Å². The van der Waals surface area contributed by atoms with Crippen molar-refractivity contribution < 1.29 is 9.47 Å². The van der Waals surface area contributed by atoms with Gasteiger partial charge in [0.2, 0.25) is 0 Å². The van der Waals surface area contributed by atoms with Gasteiger partial charge in [-0.3, -0.25) is 4.99 Å². The summed E-state index contributed by atoms with van der Waals surface area (Å²) in [6.07, 6.45) is 5.13. The lowest BCUT2D eigenvalue weighted by Gasteiger charge is -2.60. The third-order valence-corrected chi connectivity index (χ3v) is 5.82. The molecule has 1 saturated carbocycles. The Hall–Kier alpha value is -0.810. The van der Waals surface area contributed by atoms with Crippen LogP contribution in [0, 0.1) is 17.3 Å². The van der Waals surface area contributed by atoms with Gasteiger partial charge in [-0.15, -0.1) is 0 Å². The van der Waals surface area contributed by atoms with Crippen molar-refractivity contribution in [3.63, 3.8) is 0 Å². The molecule has 1 aliphatic carbocycles. The largest absolute Gasteiger partial charge is 0.381 e. The minimum Gasteiger partial charge on any atom is -0.381 e. The highest BCUT2D eigenvalue weighted by molar-refractivity contribution is 5.80. The predicted octanol–water partition coefficient (Wildman–Crippen LogP) is 2.17. The monoisotopic (exact) mass is 323 g/mol. The number of ether oxygens (including phenoxy) is 2. The highest BCUT2D eigenvalue weighted by Gasteiger charge is 2.58. The quantitative estimate of drug-likeness (QED) is 0.615. The van der Waals surface area contributed by atoms with Gasteiger partial charge in [0, 0.05) is 50.3 Å². The molecule has 5 heteroatoms. The number of aliphatic imine (C=N–C) groups is 1. The Labute approximate surface area is 140 Å². The molecule has 2 aliphatic heterocycles. The zero-order valence-corrected chi connectivity index (χ0v) is 14.9. The maximum Gasteiger partial charge on any atom is 0.191 e. The summed E-state index contributed by atoms with van der Waals surface area (Å²) in [5, 5.41) is 7.13. The van der Waals surface area contributed by atoms with Crippen molar-refractivity contribution in [2.24, 2.45) is 22.2 Å². The van der Waals surface area contributed by atoms with Crippen LogP contribution in [-0.4, -0.2) is 51.0 Å². The van der Waals surface area contributed by atoms with Crippen LogP contribution in [0.4, 0.5) is 0 Å². The van der Waals surface area contributed by atoms with Crippen LogP contribution in [0.2, 0.25) is 0 Å². The summed E-state index contributed by atoms with van der Waals surface area (Å²) >= 11 is 0. The topological polar surface area (TPSA) is 54.9 Å². The first kappa shape index (κ1) is 17.0. The fraction of sp³-hybridized carbons (Fsp3) is 0.944. The van der Waals surface area contributed by atoms with Crippen LogP contribution in [-0.2, 0) is 9.47 Å². The molecular formula is C18H33N3O2. The van der Waals surface area contributed by atoms with Crippen LogP contribution in [0.15, 0.2) is 4.99 Å². The molecule has 3 atom stereocenters. The number of fused-ring (bicyclic) bond motifs is 1. The molecule has 0 bridgehead atoms. The normalized spacial score (nSPS) is 34.4. The molecule has 0 amide bonds. The van der Waals surface area contributed by atoms with E-state index in [1.807, 2.05) is 0 Å². The maximum absolute atomic E-state index is 6.00. The lowest BCUT2D eigenvalue weighted by atomic mass is 9.55. The highest BCUT2D eigenvalue weighted by Crippen LogP contribution is 2.51. The summed E-state index contributed by atoms with van der Waals surface area (Å²) in [6, 6.07) is 0.459. The summed E-state index contributed by atoms with van der Waals surface area (Å²) in [4.78, 5) is 4.86. The zero-order valence-electron chi connectivity index (χ0n) is 14.9. The van der Waals surface area contributed by atoms with E-state index in [4.69, 9.17) is 14.5 Å². The van der Waals surface area contributed by atoms with E-state index < -0.39 is 0 Å². The van der Waals surface area contributed by atoms with Crippen molar-refractivity contribution in [2.75, 3.05) is 32.9 Å². The van der Waals surface area contributed by atoms with E-state index in [0.29, 0.717) is 24.0 Å². The van der Waals surface area contributed by atoms with E-state index in [9.17, 15) is 0 Å². The first-order chi connectivity index (χ1) is 11.1. The maximum atomic E-state index is 6.00. The Morgan fingerprint density at radius 3 is 2.70 bits per heavy atom. The average molecular weight is 323 g/mol. The molecular weight excluding hydrogens is 290 g/mol. The molecule has 2 heterocycles. The van der Waals surface area contributed by atoms with Crippen molar-refractivity contribution >= 4 is 5.96 Å². The van der Waals surface area contributed by atoms with E-state index >= 15 is 0 Å². The summed E-state index contributed by atoms with van der Waals surface area (Å²) in [6.45, 7) is 11.3. The van der Waals surface area contributed by atoms with Gasteiger partial charge in [0.1, 0.15) is 0 Å². The molecule has 23 heavy (non-hydrogen) atoms. The number of hydrogen-bond acceptors (Lipinski definition) is 3. The van der Waals surface area contributed by atoms with Gasteiger partial charge in [0.05, 0.1) is 6.10 Å². The minimum absolute atomic E-state index is 0.181. The first-order valence-electron chi connectivity index (χ1n) is 9.37. The third kappa shape index (κ3) is 3.66. The van der Waals surface area contributed by atoms with Gasteiger partial charge >= 0.3 is 0 Å². The lowest BCUT2D eigenvalue weighted by molar-refractivity contribution is -0.188. The molecule has 3 rings (SSSR count). The smallest absolute Gasteiger partial charge is 0.191 e. The van der Waals surface area contributed by atoms with Gasteiger partial charge in [0.15, 0.2) is 5.96 Å². The first-order valence-corrected chi connectivity index (χ1v) is 9.37. The molecule has 0 radical (unpaired) electrons. The molecule has 3 fully saturated rings. The average Bonchev–Trinajstić information content (AvgIpc) is 2.58. The third-order valence-electron chi connectivity index (χ3n) is 5.82. The van der Waals surface area contributed by atoms with Crippen molar-refractivity contribution in [3.05, 3.63) is 0 Å². The fourth-order valence-corrected chi connectivity index (χ4v) is 4.43. The summed E-state index contributed by atoms with van der Waals surface area (Å²) in [7, 11) is 0. The van der Waals surface area contributed by atoms with Crippen LogP contribution in [0.25, 0.3) is 0 Å². The zero-order chi connectivity index (χ0) is 16.3. The second kappa shape index (κ2) is 7.39. The van der Waals surface area contributed by atoms with Gasteiger partial charge in [-0.25, -0.2) is 0 Å². The SMILES string of the molecule is CCNC(=NCC1CCOCC1)NC1C2CCCOC2C1(C)C. The molecule has 0 spiro atoms. The minimum atomic E-state index is 0.181. The number of hydrogen-bond donors (Lipinski definition) is 2. The molecule has 2 N–H and O–H groups in total. The van der Waals surface area contributed by atoms with E-state index in [0.717, 1.165) is 51.7 Å². The molecule has 0 aromatic carbocycles. The molecule has 5 nitrogen and oxygen atoms in total. The number of nitrogens with one attached hydrogen (secondary N) is 2. The Morgan fingerprint density at radius 1 is 1.17 bits per heavy atom. The van der Waals surface area contributed by atoms with Crippen molar-refractivity contribution in [3.8, 4) is 0 Å². The Bertz CT molecular complexity index is 418. The lowest BCUT2D eigenvalue weighted by Crippen LogP contribution is -2.71. The second-order valence-corrected chi connectivity index (χ2v) is 7.82. The summed E-state index contributed by atoms with van der Waals surface area (Å²) in [5.74, 6) is 2.27. The molecule has 2 saturated heterocycles. The van der Waals surface area contributed by atoms with Crippen LogP contribution in [0.3, 0.4) is 0 Å². The number of rotatable bonds is 4. The van der Waals surface area contributed by atoms with Crippen molar-refractivity contribution in [1.82, 2.24) is 10.6 Å². The van der Waals surface area contributed by atoms with Gasteiger partial charge in [0.25, 0.3) is 0 Å². The van der Waals surface area contributed by atoms with Crippen LogP contribution < -0.4 is 10.6 Å². The molecule has 3 aliphatic rings. The van der Waals surface area contributed by atoms with Gasteiger partial charge in [-0.1, -0.05) is 13.8 Å². The highest BCUT2D eigenvalue weighted by atomic mass is 16.5. The number of guanidine groups is 1. The van der Waals surface area contributed by atoms with Crippen molar-refractivity contribution in [1.29, 1.82) is 0 Å². The van der Waals surface area contributed by atoms with Gasteiger partial charge in [-0.2, -0.15) is 0 Å². The van der Waals surface area contributed by atoms with E-state index in [1.165, 1.54) is 12.8 Å². The van der Waals surface area contributed by atoms with Crippen LogP contribution in [0.5, 0.6) is 0 Å². The second-order valence-electron chi connectivity index (χ2n) is 7.82. The Kier molecular flexibility index (Phi) is 5.47. The molecule has 132 valence electrons. The molecule has 3 unspecified atom stereocenters.